The van der Waals surface area contributed by atoms with E-state index in [1.54, 1.807) is 36.4 Å². The molecule has 0 bridgehead atoms. The molecular formula is C27H20N2O5. The SMILES string of the molecule is O=C1NC(=O)N(Cc2ccco2)C(=O)/C1=C/c1ccc(OCc2ccc3ccccc3c2)cc1. The standard InChI is InChI=1S/C27H20N2O5/c30-25-24(26(31)29(27(32)28-25)16-23-6-3-13-33-23)15-18-8-11-22(12-9-18)34-17-19-7-10-20-4-1-2-5-21(20)14-19/h1-15H,16-17H2,(H,28,30,32)/b24-15+. The highest BCUT2D eigenvalue weighted by molar-refractivity contribution is 6.30. The van der Waals surface area contributed by atoms with Crippen LogP contribution in [0.15, 0.2) is 95.1 Å². The summed E-state index contributed by atoms with van der Waals surface area (Å²) in [7, 11) is 0. The zero-order valence-corrected chi connectivity index (χ0v) is 18.1. The molecule has 2 heterocycles. The molecule has 0 radical (unpaired) electrons. The molecule has 0 spiro atoms. The third-order valence-corrected chi connectivity index (χ3v) is 5.49. The first-order valence-corrected chi connectivity index (χ1v) is 10.7. The number of amides is 4. The first-order valence-electron chi connectivity index (χ1n) is 10.7. The Bertz CT molecular complexity index is 1400. The lowest BCUT2D eigenvalue weighted by Crippen LogP contribution is -2.53. The zero-order valence-electron chi connectivity index (χ0n) is 18.1. The highest BCUT2D eigenvalue weighted by Crippen LogP contribution is 2.21. The molecule has 5 rings (SSSR count). The molecule has 0 saturated carbocycles. The highest BCUT2D eigenvalue weighted by atomic mass is 16.5. The number of fused-ring (bicyclic) bond motifs is 1. The van der Waals surface area contributed by atoms with Crippen molar-refractivity contribution in [3.8, 4) is 5.75 Å². The summed E-state index contributed by atoms with van der Waals surface area (Å²) in [5, 5.41) is 4.53. The van der Waals surface area contributed by atoms with Gasteiger partial charge in [0.05, 0.1) is 12.8 Å². The molecule has 1 saturated heterocycles. The summed E-state index contributed by atoms with van der Waals surface area (Å²) in [6.07, 6.45) is 2.90. The molecule has 1 N–H and O–H groups in total. The van der Waals surface area contributed by atoms with Gasteiger partial charge in [-0.25, -0.2) is 4.79 Å². The van der Waals surface area contributed by atoms with Crippen molar-refractivity contribution >= 4 is 34.7 Å². The third kappa shape index (κ3) is 4.45. The molecular weight excluding hydrogens is 432 g/mol. The van der Waals surface area contributed by atoms with Crippen molar-refractivity contribution in [2.75, 3.05) is 0 Å². The molecule has 0 unspecified atom stereocenters. The van der Waals surface area contributed by atoms with Gasteiger partial charge in [0, 0.05) is 0 Å². The lowest BCUT2D eigenvalue weighted by molar-refractivity contribution is -0.130. The Morgan fingerprint density at radius 3 is 2.44 bits per heavy atom. The zero-order chi connectivity index (χ0) is 23.5. The van der Waals surface area contributed by atoms with Crippen LogP contribution >= 0.6 is 0 Å². The maximum atomic E-state index is 12.8. The Balaban J connectivity index is 1.28. The number of benzene rings is 3. The summed E-state index contributed by atoms with van der Waals surface area (Å²) >= 11 is 0. The van der Waals surface area contributed by atoms with Crippen LogP contribution in [0.3, 0.4) is 0 Å². The number of carbonyl (C=O) groups excluding carboxylic acids is 3. The number of nitrogens with one attached hydrogen (secondary N) is 1. The topological polar surface area (TPSA) is 88.9 Å². The Labute approximate surface area is 195 Å². The molecule has 4 amide bonds. The van der Waals surface area contributed by atoms with Crippen LogP contribution < -0.4 is 10.1 Å². The van der Waals surface area contributed by atoms with Crippen LogP contribution in [0.25, 0.3) is 16.8 Å². The van der Waals surface area contributed by atoms with Crippen LogP contribution in [0.5, 0.6) is 5.75 Å². The molecule has 1 aromatic heterocycles. The van der Waals surface area contributed by atoms with Gasteiger partial charge in [0.2, 0.25) is 0 Å². The van der Waals surface area contributed by atoms with E-state index >= 15 is 0 Å². The van der Waals surface area contributed by atoms with Gasteiger partial charge in [-0.05, 0) is 58.3 Å². The summed E-state index contributed by atoms with van der Waals surface area (Å²) < 4.78 is 11.1. The smallest absolute Gasteiger partial charge is 0.331 e. The quantitative estimate of drug-likeness (QED) is 0.339. The van der Waals surface area contributed by atoms with E-state index in [-0.39, 0.29) is 12.1 Å². The molecule has 3 aromatic carbocycles. The Hall–Kier alpha value is -4.65. The molecule has 7 nitrogen and oxygen atoms in total. The van der Waals surface area contributed by atoms with E-state index in [9.17, 15) is 14.4 Å². The van der Waals surface area contributed by atoms with Crippen molar-refractivity contribution in [3.05, 3.63) is 108 Å². The van der Waals surface area contributed by atoms with Gasteiger partial charge in [0.25, 0.3) is 11.8 Å². The largest absolute Gasteiger partial charge is 0.489 e. The maximum Gasteiger partial charge on any atom is 0.331 e. The third-order valence-electron chi connectivity index (χ3n) is 5.49. The van der Waals surface area contributed by atoms with Gasteiger partial charge in [-0.3, -0.25) is 19.8 Å². The molecule has 1 aliphatic heterocycles. The summed E-state index contributed by atoms with van der Waals surface area (Å²) in [5.41, 5.74) is 1.55. The number of furan rings is 1. The fourth-order valence-corrected chi connectivity index (χ4v) is 3.72. The van der Waals surface area contributed by atoms with Crippen molar-refractivity contribution in [3.63, 3.8) is 0 Å². The van der Waals surface area contributed by atoms with Crippen LogP contribution in [-0.2, 0) is 22.7 Å². The molecule has 7 heteroatoms. The van der Waals surface area contributed by atoms with Gasteiger partial charge >= 0.3 is 6.03 Å². The molecule has 0 aliphatic carbocycles. The number of hydrogen-bond donors (Lipinski definition) is 1. The van der Waals surface area contributed by atoms with E-state index in [1.165, 1.54) is 17.7 Å². The molecule has 1 aliphatic rings. The first kappa shape index (κ1) is 21.2. The molecule has 34 heavy (non-hydrogen) atoms. The average Bonchev–Trinajstić information content (AvgIpc) is 3.37. The van der Waals surface area contributed by atoms with Crippen molar-refractivity contribution in [2.45, 2.75) is 13.2 Å². The van der Waals surface area contributed by atoms with Gasteiger partial charge in [-0.2, -0.15) is 0 Å². The molecule has 1 fully saturated rings. The van der Waals surface area contributed by atoms with Crippen LogP contribution in [0.4, 0.5) is 4.79 Å². The van der Waals surface area contributed by atoms with Crippen LogP contribution in [0, 0.1) is 0 Å². The van der Waals surface area contributed by atoms with Gasteiger partial charge in [0.15, 0.2) is 0 Å². The van der Waals surface area contributed by atoms with Crippen molar-refractivity contribution in [2.24, 2.45) is 0 Å². The Morgan fingerprint density at radius 1 is 0.882 bits per heavy atom. The monoisotopic (exact) mass is 452 g/mol. The second-order valence-corrected chi connectivity index (χ2v) is 7.83. The number of imide groups is 2. The van der Waals surface area contributed by atoms with Gasteiger partial charge in [-0.1, -0.05) is 48.5 Å². The lowest BCUT2D eigenvalue weighted by atomic mass is 10.1. The van der Waals surface area contributed by atoms with E-state index in [0.717, 1.165) is 15.8 Å². The van der Waals surface area contributed by atoms with Crippen LogP contribution in [-0.4, -0.2) is 22.7 Å². The number of carbonyl (C=O) groups is 3. The summed E-state index contributed by atoms with van der Waals surface area (Å²) in [4.78, 5) is 38.2. The summed E-state index contributed by atoms with van der Waals surface area (Å²) in [6.45, 7) is 0.347. The van der Waals surface area contributed by atoms with Crippen LogP contribution in [0.2, 0.25) is 0 Å². The van der Waals surface area contributed by atoms with E-state index in [1.807, 2.05) is 18.2 Å². The number of barbiturate groups is 1. The molecule has 168 valence electrons. The number of urea groups is 1. The fourth-order valence-electron chi connectivity index (χ4n) is 3.72. The number of nitrogens with zero attached hydrogens (tertiary/aromatic N) is 1. The predicted molar refractivity (Wildman–Crippen MR) is 125 cm³/mol. The van der Waals surface area contributed by atoms with E-state index in [4.69, 9.17) is 9.15 Å². The van der Waals surface area contributed by atoms with Crippen LogP contribution in [0.1, 0.15) is 16.9 Å². The molecule has 4 aromatic rings. The number of ether oxygens (including phenoxy) is 1. The minimum absolute atomic E-state index is 0.0656. The van der Waals surface area contributed by atoms with Crippen molar-refractivity contribution in [1.82, 2.24) is 10.2 Å². The van der Waals surface area contributed by atoms with Crippen molar-refractivity contribution < 1.29 is 23.5 Å². The Kier molecular flexibility index (Phi) is 5.66. The minimum atomic E-state index is -0.777. The predicted octanol–water partition coefficient (Wildman–Crippen LogP) is 4.67. The molecule has 0 atom stereocenters. The average molecular weight is 452 g/mol. The van der Waals surface area contributed by atoms with E-state index in [0.29, 0.717) is 23.7 Å². The first-order chi connectivity index (χ1) is 16.6. The normalized spacial score (nSPS) is 15.1. The second kappa shape index (κ2) is 9.07. The Morgan fingerprint density at radius 2 is 1.68 bits per heavy atom. The fraction of sp³-hybridized carbons (Fsp3) is 0.0741. The second-order valence-electron chi connectivity index (χ2n) is 7.83. The van der Waals surface area contributed by atoms with Gasteiger partial charge < -0.3 is 9.15 Å². The van der Waals surface area contributed by atoms with Crippen molar-refractivity contribution in [1.29, 1.82) is 0 Å². The lowest BCUT2D eigenvalue weighted by Gasteiger charge is -2.25. The number of rotatable bonds is 6. The summed E-state index contributed by atoms with van der Waals surface area (Å²) in [6, 6.07) is 23.9. The maximum absolute atomic E-state index is 12.8. The highest BCUT2D eigenvalue weighted by Gasteiger charge is 2.36. The number of hydrogen-bond acceptors (Lipinski definition) is 5. The van der Waals surface area contributed by atoms with E-state index < -0.39 is 17.8 Å². The minimum Gasteiger partial charge on any atom is -0.489 e. The summed E-state index contributed by atoms with van der Waals surface area (Å²) in [5.74, 6) is -0.321. The van der Waals surface area contributed by atoms with E-state index in [2.05, 4.69) is 29.6 Å². The van der Waals surface area contributed by atoms with Gasteiger partial charge in [0.1, 0.15) is 23.7 Å². The van der Waals surface area contributed by atoms with Gasteiger partial charge in [-0.15, -0.1) is 0 Å².